The number of halogens is 2. The average Bonchev–Trinajstić information content (AvgIpc) is 2.10. The van der Waals surface area contributed by atoms with E-state index in [9.17, 15) is 9.50 Å². The van der Waals surface area contributed by atoms with Crippen molar-refractivity contribution in [2.75, 3.05) is 7.11 Å². The van der Waals surface area contributed by atoms with E-state index < -0.39 is 17.6 Å². The first-order valence-corrected chi connectivity index (χ1v) is 4.37. The van der Waals surface area contributed by atoms with Crippen molar-refractivity contribution in [2.24, 2.45) is 5.73 Å². The van der Waals surface area contributed by atoms with Crippen molar-refractivity contribution in [1.29, 1.82) is 0 Å². The molecule has 0 amide bonds. The first kappa shape index (κ1) is 11.1. The Bertz CT molecular complexity index is 355. The Kier molecular flexibility index (Phi) is 3.18. The minimum atomic E-state index is -0.791. The van der Waals surface area contributed by atoms with Crippen LogP contribution in [-0.4, -0.2) is 12.2 Å². The Morgan fingerprint density at radius 1 is 1.64 bits per heavy atom. The monoisotopic (exact) mass is 219 g/mol. The predicted octanol–water partition coefficient (Wildman–Crippen LogP) is 2.21. The summed E-state index contributed by atoms with van der Waals surface area (Å²) < 4.78 is 18.3. The van der Waals surface area contributed by atoms with E-state index in [-0.39, 0.29) is 16.3 Å². The number of phenolic OH excluding ortho intramolecular Hbond substituents is 1. The van der Waals surface area contributed by atoms with E-state index in [2.05, 4.69) is 0 Å². The molecule has 78 valence electrons. The van der Waals surface area contributed by atoms with Gasteiger partial charge in [0.15, 0.2) is 11.6 Å². The van der Waals surface area contributed by atoms with Gasteiger partial charge >= 0.3 is 0 Å². The van der Waals surface area contributed by atoms with Gasteiger partial charge in [-0.3, -0.25) is 0 Å². The number of hydrogen-bond donors (Lipinski definition) is 2. The van der Waals surface area contributed by atoms with E-state index in [4.69, 9.17) is 22.1 Å². The van der Waals surface area contributed by atoms with Gasteiger partial charge in [-0.05, 0) is 6.92 Å². The zero-order valence-electron chi connectivity index (χ0n) is 7.84. The molecule has 1 aromatic rings. The first-order valence-electron chi connectivity index (χ1n) is 3.99. The molecule has 0 spiro atoms. The normalized spacial score (nSPS) is 12.6. The van der Waals surface area contributed by atoms with E-state index in [1.807, 2.05) is 0 Å². The van der Waals surface area contributed by atoms with Crippen molar-refractivity contribution >= 4 is 11.6 Å². The highest BCUT2D eigenvalue weighted by Crippen LogP contribution is 2.38. The lowest BCUT2D eigenvalue weighted by molar-refractivity contribution is 0.386. The molecule has 0 heterocycles. The second-order valence-corrected chi connectivity index (χ2v) is 3.33. The summed E-state index contributed by atoms with van der Waals surface area (Å²) in [5, 5.41) is 9.32. The summed E-state index contributed by atoms with van der Waals surface area (Å²) in [5.74, 6) is -1.15. The number of nitrogens with two attached hydrogens (primary N) is 1. The van der Waals surface area contributed by atoms with Gasteiger partial charge in [0.05, 0.1) is 17.7 Å². The van der Waals surface area contributed by atoms with Crippen LogP contribution < -0.4 is 10.5 Å². The molecule has 0 radical (unpaired) electrons. The van der Waals surface area contributed by atoms with Crippen LogP contribution in [0.5, 0.6) is 11.5 Å². The lowest BCUT2D eigenvalue weighted by Crippen LogP contribution is -2.10. The largest absolute Gasteiger partial charge is 0.505 e. The summed E-state index contributed by atoms with van der Waals surface area (Å²) in [4.78, 5) is 0. The highest BCUT2D eigenvalue weighted by atomic mass is 35.5. The van der Waals surface area contributed by atoms with Gasteiger partial charge in [0.1, 0.15) is 5.75 Å². The van der Waals surface area contributed by atoms with Gasteiger partial charge in [-0.2, -0.15) is 0 Å². The zero-order chi connectivity index (χ0) is 10.9. The topological polar surface area (TPSA) is 55.5 Å². The molecule has 0 saturated heterocycles. The van der Waals surface area contributed by atoms with E-state index in [0.717, 1.165) is 6.07 Å². The zero-order valence-corrected chi connectivity index (χ0v) is 8.60. The van der Waals surface area contributed by atoms with Crippen molar-refractivity contribution in [3.8, 4) is 11.5 Å². The molecule has 1 aromatic carbocycles. The molecule has 0 fully saturated rings. The van der Waals surface area contributed by atoms with Crippen LogP contribution in [0.15, 0.2) is 6.07 Å². The maximum Gasteiger partial charge on any atom is 0.173 e. The second kappa shape index (κ2) is 4.02. The summed E-state index contributed by atoms with van der Waals surface area (Å²) in [7, 11) is 1.36. The average molecular weight is 220 g/mol. The fourth-order valence-electron chi connectivity index (χ4n) is 1.23. The summed E-state index contributed by atoms with van der Waals surface area (Å²) in [6.45, 7) is 1.58. The molecule has 3 N–H and O–H groups in total. The molecule has 3 nitrogen and oxygen atoms in total. The maximum atomic E-state index is 13.4. The molecule has 1 rings (SSSR count). The number of aromatic hydroxyl groups is 1. The van der Waals surface area contributed by atoms with Crippen LogP contribution in [0.4, 0.5) is 4.39 Å². The minimum absolute atomic E-state index is 0.0810. The smallest absolute Gasteiger partial charge is 0.173 e. The highest BCUT2D eigenvalue weighted by molar-refractivity contribution is 6.32. The van der Waals surface area contributed by atoms with Gasteiger partial charge in [0.25, 0.3) is 0 Å². The Morgan fingerprint density at radius 3 is 2.64 bits per heavy atom. The fourth-order valence-corrected chi connectivity index (χ4v) is 1.51. The van der Waals surface area contributed by atoms with Crippen LogP contribution in [0, 0.1) is 5.82 Å². The number of benzene rings is 1. The van der Waals surface area contributed by atoms with Gasteiger partial charge in [0.2, 0.25) is 0 Å². The van der Waals surface area contributed by atoms with Gasteiger partial charge in [-0.1, -0.05) is 11.6 Å². The quantitative estimate of drug-likeness (QED) is 0.802. The van der Waals surface area contributed by atoms with Gasteiger partial charge in [-0.15, -0.1) is 0 Å². The molecule has 0 saturated carbocycles. The molecule has 0 aliphatic carbocycles. The second-order valence-electron chi connectivity index (χ2n) is 2.93. The third-order valence-corrected chi connectivity index (χ3v) is 2.13. The molecule has 5 heteroatoms. The van der Waals surface area contributed by atoms with E-state index in [1.165, 1.54) is 7.11 Å². The third-order valence-electron chi connectivity index (χ3n) is 1.85. The number of rotatable bonds is 2. The van der Waals surface area contributed by atoms with Gasteiger partial charge < -0.3 is 15.6 Å². The molecular formula is C9H11ClFNO2. The maximum absolute atomic E-state index is 13.4. The molecular weight excluding hydrogens is 209 g/mol. The standard InChI is InChI=1S/C9H11ClFNO2/c1-4(12)7-8(11)6(13)3-5(10)9(7)14-2/h3-4,13H,12H2,1-2H3. The molecule has 1 atom stereocenters. The van der Waals surface area contributed by atoms with Crippen molar-refractivity contribution < 1.29 is 14.2 Å². The molecule has 0 aliphatic heterocycles. The third kappa shape index (κ3) is 1.76. The van der Waals surface area contributed by atoms with E-state index in [1.54, 1.807) is 6.92 Å². The molecule has 14 heavy (non-hydrogen) atoms. The lowest BCUT2D eigenvalue weighted by atomic mass is 10.1. The van der Waals surface area contributed by atoms with Crippen LogP contribution >= 0.6 is 11.6 Å². The van der Waals surface area contributed by atoms with Crippen molar-refractivity contribution in [3.05, 3.63) is 22.5 Å². The molecule has 0 aliphatic rings. The number of hydrogen-bond acceptors (Lipinski definition) is 3. The molecule has 0 bridgehead atoms. The number of ether oxygens (including phenoxy) is 1. The van der Waals surface area contributed by atoms with Crippen molar-refractivity contribution in [1.82, 2.24) is 0 Å². The molecule has 1 unspecified atom stereocenters. The SMILES string of the molecule is COc1c(Cl)cc(O)c(F)c1C(C)N. The Labute approximate surface area is 86.2 Å². The lowest BCUT2D eigenvalue weighted by Gasteiger charge is -2.14. The van der Waals surface area contributed by atoms with E-state index >= 15 is 0 Å². The summed E-state index contributed by atoms with van der Waals surface area (Å²) in [6, 6.07) is 0.483. The summed E-state index contributed by atoms with van der Waals surface area (Å²) in [5.41, 5.74) is 5.62. The van der Waals surface area contributed by atoms with Crippen LogP contribution in [0.2, 0.25) is 5.02 Å². The number of phenols is 1. The van der Waals surface area contributed by atoms with Gasteiger partial charge in [-0.25, -0.2) is 4.39 Å². The van der Waals surface area contributed by atoms with E-state index in [0.29, 0.717) is 0 Å². The van der Waals surface area contributed by atoms with Crippen LogP contribution in [0.25, 0.3) is 0 Å². The highest BCUT2D eigenvalue weighted by Gasteiger charge is 2.20. The first-order chi connectivity index (χ1) is 6.49. The Hall–Kier alpha value is -1.00. The molecule has 0 aromatic heterocycles. The van der Waals surface area contributed by atoms with Crippen molar-refractivity contribution in [2.45, 2.75) is 13.0 Å². The van der Waals surface area contributed by atoms with Crippen LogP contribution in [0.3, 0.4) is 0 Å². The summed E-state index contributed by atoms with van der Waals surface area (Å²) in [6.07, 6.45) is 0. The van der Waals surface area contributed by atoms with Crippen LogP contribution in [-0.2, 0) is 0 Å². The minimum Gasteiger partial charge on any atom is -0.505 e. The number of methoxy groups -OCH3 is 1. The summed E-state index contributed by atoms with van der Waals surface area (Å²) >= 11 is 5.74. The van der Waals surface area contributed by atoms with Crippen molar-refractivity contribution in [3.63, 3.8) is 0 Å². The van der Waals surface area contributed by atoms with Gasteiger partial charge in [0, 0.05) is 12.1 Å². The Morgan fingerprint density at radius 2 is 2.21 bits per heavy atom. The van der Waals surface area contributed by atoms with Crippen LogP contribution in [0.1, 0.15) is 18.5 Å². The predicted molar refractivity (Wildman–Crippen MR) is 52.2 cm³/mol. The Balaban J connectivity index is 3.48. The fraction of sp³-hybridized carbons (Fsp3) is 0.333.